The molecule has 0 aromatic heterocycles. The molecular formula is C9H6BrNO3. The average molecular weight is 256 g/mol. The summed E-state index contributed by atoms with van der Waals surface area (Å²) >= 11 is 3.20. The van der Waals surface area contributed by atoms with Crippen molar-refractivity contribution in [2.75, 3.05) is 7.11 Å². The zero-order valence-electron chi connectivity index (χ0n) is 7.28. The fraction of sp³-hybridized carbons (Fsp3) is 0.111. The van der Waals surface area contributed by atoms with E-state index in [1.165, 1.54) is 25.3 Å². The Hall–Kier alpha value is -1.45. The molecule has 0 aliphatic rings. The van der Waals surface area contributed by atoms with E-state index in [1.54, 1.807) is 6.07 Å². The van der Waals surface area contributed by atoms with Crippen LogP contribution in [0.15, 0.2) is 27.7 Å². The molecule has 0 N–H and O–H groups in total. The molecule has 1 aromatic rings. The predicted molar refractivity (Wildman–Crippen MR) is 53.3 cm³/mol. The number of carbonyl (C=O) groups excluding carboxylic acids is 2. The number of carbonyl (C=O) groups is 1. The van der Waals surface area contributed by atoms with E-state index in [9.17, 15) is 9.59 Å². The first-order chi connectivity index (χ1) is 6.69. The van der Waals surface area contributed by atoms with E-state index >= 15 is 0 Å². The predicted octanol–water partition coefficient (Wildman–Crippen LogP) is 2.20. The third-order valence-corrected chi connectivity index (χ3v) is 2.02. The molecule has 0 saturated carbocycles. The molecule has 1 rings (SSSR count). The summed E-state index contributed by atoms with van der Waals surface area (Å²) in [5.74, 6) is -0.536. The minimum Gasteiger partial charge on any atom is -0.465 e. The normalized spacial score (nSPS) is 9.00. The second-order valence-electron chi connectivity index (χ2n) is 2.36. The zero-order valence-corrected chi connectivity index (χ0v) is 8.87. The van der Waals surface area contributed by atoms with Gasteiger partial charge in [-0.3, -0.25) is 0 Å². The van der Waals surface area contributed by atoms with Crippen molar-refractivity contribution in [3.63, 3.8) is 0 Å². The lowest BCUT2D eigenvalue weighted by Gasteiger charge is -2.02. The number of esters is 1. The molecule has 0 atom stereocenters. The molecule has 0 saturated heterocycles. The van der Waals surface area contributed by atoms with Gasteiger partial charge < -0.3 is 4.74 Å². The monoisotopic (exact) mass is 255 g/mol. The summed E-state index contributed by atoms with van der Waals surface area (Å²) in [6.45, 7) is 0. The second kappa shape index (κ2) is 4.69. The molecule has 0 aliphatic carbocycles. The lowest BCUT2D eigenvalue weighted by Crippen LogP contribution is -2.01. The number of hydrogen-bond donors (Lipinski definition) is 0. The third-order valence-electron chi connectivity index (χ3n) is 1.53. The van der Waals surface area contributed by atoms with Crippen LogP contribution < -0.4 is 0 Å². The number of hydrogen-bond acceptors (Lipinski definition) is 4. The van der Waals surface area contributed by atoms with Crippen LogP contribution in [-0.4, -0.2) is 19.2 Å². The molecule has 5 heteroatoms. The Kier molecular flexibility index (Phi) is 3.56. The Morgan fingerprint density at radius 2 is 2.29 bits per heavy atom. The lowest BCUT2D eigenvalue weighted by atomic mass is 10.2. The van der Waals surface area contributed by atoms with Gasteiger partial charge in [0.15, 0.2) is 0 Å². The van der Waals surface area contributed by atoms with Gasteiger partial charge in [0.25, 0.3) is 0 Å². The maximum absolute atomic E-state index is 11.2. The van der Waals surface area contributed by atoms with Crippen LogP contribution >= 0.6 is 15.9 Å². The molecule has 0 fully saturated rings. The maximum atomic E-state index is 11.2. The van der Waals surface area contributed by atoms with Gasteiger partial charge in [-0.1, -0.05) is 15.9 Å². The van der Waals surface area contributed by atoms with Gasteiger partial charge in [0, 0.05) is 4.47 Å². The summed E-state index contributed by atoms with van der Waals surface area (Å²) in [5.41, 5.74) is 0.472. The van der Waals surface area contributed by atoms with Crippen LogP contribution in [0.5, 0.6) is 0 Å². The van der Waals surface area contributed by atoms with Gasteiger partial charge in [-0.15, -0.1) is 0 Å². The molecule has 0 spiro atoms. The summed E-state index contributed by atoms with van der Waals surface area (Å²) in [7, 11) is 1.26. The Balaban J connectivity index is 3.28. The van der Waals surface area contributed by atoms with E-state index < -0.39 is 5.97 Å². The average Bonchev–Trinajstić information content (AvgIpc) is 2.17. The summed E-state index contributed by atoms with van der Waals surface area (Å²) in [4.78, 5) is 24.7. The van der Waals surface area contributed by atoms with Crippen LogP contribution in [0.4, 0.5) is 5.69 Å². The van der Waals surface area contributed by atoms with Crippen molar-refractivity contribution in [3.8, 4) is 0 Å². The lowest BCUT2D eigenvalue weighted by molar-refractivity contribution is 0.0601. The summed E-state index contributed by atoms with van der Waals surface area (Å²) < 4.78 is 5.24. The van der Waals surface area contributed by atoms with Crippen molar-refractivity contribution in [1.29, 1.82) is 0 Å². The van der Waals surface area contributed by atoms with E-state index in [-0.39, 0.29) is 11.3 Å². The van der Waals surface area contributed by atoms with E-state index in [2.05, 4.69) is 25.7 Å². The van der Waals surface area contributed by atoms with E-state index in [4.69, 9.17) is 0 Å². The SMILES string of the molecule is COC(=O)c1ccc(Br)cc1N=C=O. The Morgan fingerprint density at radius 3 is 2.86 bits per heavy atom. The number of halogens is 1. The van der Waals surface area contributed by atoms with E-state index in [1.807, 2.05) is 0 Å². The number of rotatable bonds is 2. The molecule has 72 valence electrons. The highest BCUT2D eigenvalue weighted by Crippen LogP contribution is 2.24. The molecular weight excluding hydrogens is 250 g/mol. The van der Waals surface area contributed by atoms with Gasteiger partial charge in [0.1, 0.15) is 0 Å². The fourth-order valence-corrected chi connectivity index (χ4v) is 1.28. The van der Waals surface area contributed by atoms with E-state index in [0.717, 1.165) is 4.47 Å². The first kappa shape index (κ1) is 10.6. The number of nitrogens with zero attached hydrogens (tertiary/aromatic N) is 1. The first-order valence-corrected chi connectivity index (χ1v) is 4.44. The Bertz CT molecular complexity index is 411. The smallest absolute Gasteiger partial charge is 0.340 e. The standard InChI is InChI=1S/C9H6BrNO3/c1-14-9(13)7-3-2-6(10)4-8(7)11-5-12/h2-4H,1H3. The quantitative estimate of drug-likeness (QED) is 0.463. The van der Waals surface area contributed by atoms with Crippen molar-refractivity contribution in [3.05, 3.63) is 28.2 Å². The second-order valence-corrected chi connectivity index (χ2v) is 3.27. The van der Waals surface area contributed by atoms with Crippen molar-refractivity contribution < 1.29 is 14.3 Å². The van der Waals surface area contributed by atoms with Crippen LogP contribution in [0.1, 0.15) is 10.4 Å². The summed E-state index contributed by atoms with van der Waals surface area (Å²) in [5, 5.41) is 0. The number of methoxy groups -OCH3 is 1. The number of ether oxygens (including phenoxy) is 1. The molecule has 1 aromatic carbocycles. The van der Waals surface area contributed by atoms with Crippen LogP contribution in [0.3, 0.4) is 0 Å². The molecule has 0 heterocycles. The third kappa shape index (κ3) is 2.28. The van der Waals surface area contributed by atoms with Gasteiger partial charge in [-0.05, 0) is 18.2 Å². The number of isocyanates is 1. The van der Waals surface area contributed by atoms with Crippen LogP contribution in [-0.2, 0) is 9.53 Å². The van der Waals surface area contributed by atoms with Crippen molar-refractivity contribution in [1.82, 2.24) is 0 Å². The highest BCUT2D eigenvalue weighted by atomic mass is 79.9. The Labute approximate surface area is 88.7 Å². The van der Waals surface area contributed by atoms with Crippen LogP contribution in [0.2, 0.25) is 0 Å². The molecule has 0 aliphatic heterocycles. The molecule has 4 nitrogen and oxygen atoms in total. The molecule has 0 bridgehead atoms. The molecule has 0 amide bonds. The maximum Gasteiger partial charge on any atom is 0.340 e. The van der Waals surface area contributed by atoms with Gasteiger partial charge in [0.05, 0.1) is 18.4 Å². The number of benzene rings is 1. The molecule has 0 radical (unpaired) electrons. The van der Waals surface area contributed by atoms with Crippen molar-refractivity contribution in [2.45, 2.75) is 0 Å². The van der Waals surface area contributed by atoms with Crippen molar-refractivity contribution in [2.24, 2.45) is 4.99 Å². The highest BCUT2D eigenvalue weighted by Gasteiger charge is 2.11. The first-order valence-electron chi connectivity index (χ1n) is 3.64. The molecule has 14 heavy (non-hydrogen) atoms. The zero-order chi connectivity index (χ0) is 10.6. The minimum absolute atomic E-state index is 0.235. The van der Waals surface area contributed by atoms with Gasteiger partial charge in [-0.25, -0.2) is 9.59 Å². The number of aliphatic imine (C=N–C) groups is 1. The highest BCUT2D eigenvalue weighted by molar-refractivity contribution is 9.10. The van der Waals surface area contributed by atoms with Gasteiger partial charge in [-0.2, -0.15) is 4.99 Å². The van der Waals surface area contributed by atoms with Gasteiger partial charge >= 0.3 is 5.97 Å². The minimum atomic E-state index is -0.536. The van der Waals surface area contributed by atoms with Crippen LogP contribution in [0, 0.1) is 0 Å². The fourth-order valence-electron chi connectivity index (χ4n) is 0.929. The van der Waals surface area contributed by atoms with Crippen LogP contribution in [0.25, 0.3) is 0 Å². The summed E-state index contributed by atoms with van der Waals surface area (Å²) in [6, 6.07) is 4.72. The largest absolute Gasteiger partial charge is 0.465 e. The summed E-state index contributed by atoms with van der Waals surface area (Å²) in [6.07, 6.45) is 1.38. The molecule has 0 unspecified atom stereocenters. The topological polar surface area (TPSA) is 55.7 Å². The Morgan fingerprint density at radius 1 is 1.57 bits per heavy atom. The van der Waals surface area contributed by atoms with Crippen molar-refractivity contribution >= 4 is 33.7 Å². The van der Waals surface area contributed by atoms with E-state index in [0.29, 0.717) is 0 Å². The van der Waals surface area contributed by atoms with Gasteiger partial charge in [0.2, 0.25) is 6.08 Å².